The molecule has 0 spiro atoms. The summed E-state index contributed by atoms with van der Waals surface area (Å²) in [5.41, 5.74) is 5.24. The van der Waals surface area contributed by atoms with Gasteiger partial charge < -0.3 is 5.73 Å². The van der Waals surface area contributed by atoms with Crippen molar-refractivity contribution in [1.29, 1.82) is 0 Å². The van der Waals surface area contributed by atoms with Crippen LogP contribution in [0.2, 0.25) is 5.02 Å². The molecule has 1 aromatic rings. The number of hydrogen-bond acceptors (Lipinski definition) is 5. The maximum atomic E-state index is 11.9. The van der Waals surface area contributed by atoms with E-state index in [0.29, 0.717) is 0 Å². The predicted octanol–water partition coefficient (Wildman–Crippen LogP) is 1.76. The van der Waals surface area contributed by atoms with Crippen molar-refractivity contribution in [3.8, 4) is 0 Å². The summed E-state index contributed by atoms with van der Waals surface area (Å²) in [5.74, 6) is -0.662. The monoisotopic (exact) mass is 306 g/mol. The van der Waals surface area contributed by atoms with E-state index in [1.54, 1.807) is 6.92 Å². The highest BCUT2D eigenvalue weighted by atomic mass is 35.5. The zero-order valence-corrected chi connectivity index (χ0v) is 11.9. The van der Waals surface area contributed by atoms with Crippen molar-refractivity contribution in [2.24, 2.45) is 11.7 Å². The van der Waals surface area contributed by atoms with E-state index in [2.05, 4.69) is 0 Å². The zero-order valence-electron chi connectivity index (χ0n) is 10.4. The molecule has 2 N–H and O–H groups in total. The molecule has 0 fully saturated rings. The number of sulfone groups is 1. The second-order valence-corrected chi connectivity index (χ2v) is 6.97. The molecule has 0 aliphatic rings. The van der Waals surface area contributed by atoms with Gasteiger partial charge in [0.15, 0.2) is 9.84 Å². The molecule has 6 nitrogen and oxygen atoms in total. The number of nitro groups is 1. The van der Waals surface area contributed by atoms with Crippen molar-refractivity contribution < 1.29 is 13.3 Å². The van der Waals surface area contributed by atoms with E-state index in [-0.39, 0.29) is 40.2 Å². The molecule has 1 rings (SSSR count). The standard InChI is InChI=1S/C11H15ClN2O4S/c1-8(5-13)6-19(17,18)7-9-2-3-10(12)4-11(9)14(15)16/h2-4,8H,5-7,13H2,1H3. The first-order valence-corrected chi connectivity index (χ1v) is 7.78. The Morgan fingerprint density at radius 3 is 2.63 bits per heavy atom. The third-order valence-electron chi connectivity index (χ3n) is 2.56. The molecule has 0 amide bonds. The van der Waals surface area contributed by atoms with Crippen LogP contribution in [-0.4, -0.2) is 25.6 Å². The zero-order chi connectivity index (χ0) is 14.6. The lowest BCUT2D eigenvalue weighted by molar-refractivity contribution is -0.385. The SMILES string of the molecule is CC(CN)CS(=O)(=O)Cc1ccc(Cl)cc1[N+](=O)[O-]. The molecule has 106 valence electrons. The minimum atomic E-state index is -3.44. The number of hydrogen-bond donors (Lipinski definition) is 1. The lowest BCUT2D eigenvalue weighted by Crippen LogP contribution is -2.22. The van der Waals surface area contributed by atoms with E-state index in [0.717, 1.165) is 6.07 Å². The molecular formula is C11H15ClN2O4S. The minimum absolute atomic E-state index is 0.0940. The number of nitrogens with two attached hydrogens (primary N) is 1. The summed E-state index contributed by atoms with van der Waals surface area (Å²) in [4.78, 5) is 10.2. The maximum absolute atomic E-state index is 11.9. The van der Waals surface area contributed by atoms with Gasteiger partial charge in [-0.15, -0.1) is 0 Å². The molecule has 19 heavy (non-hydrogen) atoms. The van der Waals surface area contributed by atoms with Gasteiger partial charge in [0.05, 0.1) is 16.4 Å². The Kier molecular flexibility index (Phi) is 5.28. The summed E-state index contributed by atoms with van der Waals surface area (Å²) >= 11 is 5.67. The average Bonchev–Trinajstić information content (AvgIpc) is 2.30. The highest BCUT2D eigenvalue weighted by Gasteiger charge is 2.22. The van der Waals surface area contributed by atoms with Gasteiger partial charge in [0.2, 0.25) is 0 Å². The van der Waals surface area contributed by atoms with E-state index < -0.39 is 14.8 Å². The summed E-state index contributed by atoms with van der Waals surface area (Å²) in [6, 6.07) is 3.95. The number of nitrogens with zero attached hydrogens (tertiary/aromatic N) is 1. The first-order valence-electron chi connectivity index (χ1n) is 5.58. The Labute approximate surface area is 116 Å². The van der Waals surface area contributed by atoms with Crippen LogP contribution < -0.4 is 5.73 Å². The van der Waals surface area contributed by atoms with E-state index >= 15 is 0 Å². The van der Waals surface area contributed by atoms with Gasteiger partial charge in [-0.3, -0.25) is 10.1 Å². The van der Waals surface area contributed by atoms with Crippen LogP contribution in [0.3, 0.4) is 0 Å². The summed E-state index contributed by atoms with van der Waals surface area (Å²) in [7, 11) is -3.44. The molecule has 1 aromatic carbocycles. The summed E-state index contributed by atoms with van der Waals surface area (Å²) in [5, 5.41) is 11.1. The van der Waals surface area contributed by atoms with Gasteiger partial charge in [0.1, 0.15) is 0 Å². The van der Waals surface area contributed by atoms with Gasteiger partial charge in [-0.1, -0.05) is 18.5 Å². The molecule has 0 aliphatic heterocycles. The number of halogens is 1. The third-order valence-corrected chi connectivity index (χ3v) is 4.62. The van der Waals surface area contributed by atoms with E-state index in [9.17, 15) is 18.5 Å². The van der Waals surface area contributed by atoms with Crippen LogP contribution in [0.1, 0.15) is 12.5 Å². The quantitative estimate of drug-likeness (QED) is 0.637. The smallest absolute Gasteiger partial charge is 0.275 e. The molecule has 1 atom stereocenters. The molecule has 1 unspecified atom stereocenters. The molecule has 0 aromatic heterocycles. The third kappa shape index (κ3) is 4.77. The van der Waals surface area contributed by atoms with Crippen molar-refractivity contribution in [3.63, 3.8) is 0 Å². The van der Waals surface area contributed by atoms with Crippen LogP contribution in [0.15, 0.2) is 18.2 Å². The van der Waals surface area contributed by atoms with Gasteiger partial charge in [-0.05, 0) is 24.6 Å². The van der Waals surface area contributed by atoms with Crippen LogP contribution in [0.5, 0.6) is 0 Å². The largest absolute Gasteiger partial charge is 0.330 e. The molecule has 0 heterocycles. The van der Waals surface area contributed by atoms with Gasteiger partial charge >= 0.3 is 0 Å². The van der Waals surface area contributed by atoms with Crippen molar-refractivity contribution in [1.82, 2.24) is 0 Å². The van der Waals surface area contributed by atoms with Gasteiger partial charge in [-0.2, -0.15) is 0 Å². The Bertz CT molecular complexity index is 574. The van der Waals surface area contributed by atoms with Crippen LogP contribution in [-0.2, 0) is 15.6 Å². The van der Waals surface area contributed by atoms with Gasteiger partial charge in [-0.25, -0.2) is 8.42 Å². The fourth-order valence-corrected chi connectivity index (χ4v) is 3.63. The lowest BCUT2D eigenvalue weighted by atomic mass is 10.2. The highest BCUT2D eigenvalue weighted by molar-refractivity contribution is 7.90. The Morgan fingerprint density at radius 1 is 1.47 bits per heavy atom. The van der Waals surface area contributed by atoms with Crippen LogP contribution in [0.4, 0.5) is 5.69 Å². The van der Waals surface area contributed by atoms with Gasteiger partial charge in [0, 0.05) is 16.7 Å². The summed E-state index contributed by atoms with van der Waals surface area (Å²) in [6.45, 7) is 1.97. The minimum Gasteiger partial charge on any atom is -0.330 e. The van der Waals surface area contributed by atoms with Crippen molar-refractivity contribution in [2.75, 3.05) is 12.3 Å². The predicted molar refractivity (Wildman–Crippen MR) is 73.8 cm³/mol. The van der Waals surface area contributed by atoms with Gasteiger partial charge in [0.25, 0.3) is 5.69 Å². The normalized spacial score (nSPS) is 13.2. The Hall–Kier alpha value is -1.18. The highest BCUT2D eigenvalue weighted by Crippen LogP contribution is 2.25. The number of benzene rings is 1. The lowest BCUT2D eigenvalue weighted by Gasteiger charge is -2.09. The second-order valence-electron chi connectivity index (χ2n) is 4.43. The number of nitro benzene ring substituents is 1. The molecule has 0 aliphatic carbocycles. The average molecular weight is 307 g/mol. The van der Waals surface area contributed by atoms with Crippen molar-refractivity contribution >= 4 is 27.1 Å². The fourth-order valence-electron chi connectivity index (χ4n) is 1.63. The van der Waals surface area contributed by atoms with Crippen molar-refractivity contribution in [2.45, 2.75) is 12.7 Å². The second kappa shape index (κ2) is 6.31. The van der Waals surface area contributed by atoms with E-state index in [4.69, 9.17) is 17.3 Å². The molecule has 8 heteroatoms. The summed E-state index contributed by atoms with van der Waals surface area (Å²) in [6.07, 6.45) is 0. The molecular weight excluding hydrogens is 292 g/mol. The topological polar surface area (TPSA) is 103 Å². The van der Waals surface area contributed by atoms with Crippen molar-refractivity contribution in [3.05, 3.63) is 38.9 Å². The van der Waals surface area contributed by atoms with Crippen LogP contribution >= 0.6 is 11.6 Å². The summed E-state index contributed by atoms with van der Waals surface area (Å²) < 4.78 is 23.8. The molecule has 0 radical (unpaired) electrons. The molecule has 0 bridgehead atoms. The van der Waals surface area contributed by atoms with E-state index in [1.165, 1.54) is 12.1 Å². The van der Waals surface area contributed by atoms with Crippen LogP contribution in [0.25, 0.3) is 0 Å². The van der Waals surface area contributed by atoms with E-state index in [1.807, 2.05) is 0 Å². The molecule has 0 saturated carbocycles. The fraction of sp³-hybridized carbons (Fsp3) is 0.455. The number of rotatable bonds is 6. The Morgan fingerprint density at radius 2 is 2.11 bits per heavy atom. The molecule has 0 saturated heterocycles. The first kappa shape index (κ1) is 15.9. The first-order chi connectivity index (χ1) is 8.75. The Balaban J connectivity index is 3.02. The maximum Gasteiger partial charge on any atom is 0.275 e. The van der Waals surface area contributed by atoms with Crippen LogP contribution in [0, 0.1) is 16.0 Å².